The van der Waals surface area contributed by atoms with Crippen molar-refractivity contribution in [2.24, 2.45) is 0 Å². The van der Waals surface area contributed by atoms with Crippen LogP contribution in [-0.4, -0.2) is 24.3 Å². The van der Waals surface area contributed by atoms with Gasteiger partial charge in [-0.25, -0.2) is 0 Å². The summed E-state index contributed by atoms with van der Waals surface area (Å²) in [5.41, 5.74) is 1.33. The van der Waals surface area contributed by atoms with Crippen molar-refractivity contribution >= 4 is 0 Å². The van der Waals surface area contributed by atoms with Crippen molar-refractivity contribution in [3.8, 4) is 5.75 Å². The average molecular weight is 269 g/mol. The second-order valence-electron chi connectivity index (χ2n) is 5.32. The molecule has 104 valence electrons. The fourth-order valence-electron chi connectivity index (χ4n) is 2.93. The number of para-hydroxylation sites is 1. The standard InChI is InChI=1S/C17H19NO2/c1-18-12-17(19)11-13-7-5-6-10-15(13)16(17)20-14-8-3-2-4-9-14/h2-10,16,18-19H,11-12H2,1H3. The Kier molecular flexibility index (Phi) is 3.47. The van der Waals surface area contributed by atoms with Crippen molar-refractivity contribution in [3.63, 3.8) is 0 Å². The lowest BCUT2D eigenvalue weighted by atomic mass is 9.97. The minimum absolute atomic E-state index is 0.339. The van der Waals surface area contributed by atoms with Crippen molar-refractivity contribution in [2.45, 2.75) is 18.1 Å². The van der Waals surface area contributed by atoms with E-state index in [1.165, 1.54) is 0 Å². The monoisotopic (exact) mass is 269 g/mol. The molecule has 3 heteroatoms. The van der Waals surface area contributed by atoms with E-state index in [9.17, 15) is 5.11 Å². The van der Waals surface area contributed by atoms with Crippen LogP contribution in [0.5, 0.6) is 5.75 Å². The molecule has 0 spiro atoms. The molecule has 0 radical (unpaired) electrons. The lowest BCUT2D eigenvalue weighted by molar-refractivity contribution is -0.0484. The van der Waals surface area contributed by atoms with Crippen molar-refractivity contribution in [2.75, 3.05) is 13.6 Å². The van der Waals surface area contributed by atoms with Gasteiger partial charge in [0.25, 0.3) is 0 Å². The Morgan fingerprint density at radius 3 is 2.60 bits per heavy atom. The van der Waals surface area contributed by atoms with Gasteiger partial charge in [-0.3, -0.25) is 0 Å². The number of ether oxygens (including phenoxy) is 1. The van der Waals surface area contributed by atoms with E-state index in [2.05, 4.69) is 11.4 Å². The summed E-state index contributed by atoms with van der Waals surface area (Å²) in [5, 5.41) is 14.0. The highest BCUT2D eigenvalue weighted by molar-refractivity contribution is 5.39. The van der Waals surface area contributed by atoms with E-state index < -0.39 is 5.60 Å². The van der Waals surface area contributed by atoms with Gasteiger partial charge in [-0.1, -0.05) is 42.5 Å². The summed E-state index contributed by atoms with van der Waals surface area (Å²) in [5.74, 6) is 0.781. The van der Waals surface area contributed by atoms with Gasteiger partial charge in [0.05, 0.1) is 0 Å². The largest absolute Gasteiger partial charge is 0.483 e. The molecular formula is C17H19NO2. The molecule has 0 heterocycles. The van der Waals surface area contributed by atoms with E-state index in [1.807, 2.05) is 55.6 Å². The molecule has 2 atom stereocenters. The first-order chi connectivity index (χ1) is 9.73. The molecule has 3 nitrogen and oxygen atoms in total. The van der Waals surface area contributed by atoms with Crippen LogP contribution in [0.25, 0.3) is 0 Å². The smallest absolute Gasteiger partial charge is 0.154 e. The molecule has 2 aromatic rings. The van der Waals surface area contributed by atoms with E-state index in [0.29, 0.717) is 13.0 Å². The summed E-state index contributed by atoms with van der Waals surface area (Å²) < 4.78 is 6.08. The quantitative estimate of drug-likeness (QED) is 0.895. The van der Waals surface area contributed by atoms with E-state index >= 15 is 0 Å². The van der Waals surface area contributed by atoms with E-state index in [4.69, 9.17) is 4.74 Å². The predicted molar refractivity (Wildman–Crippen MR) is 78.8 cm³/mol. The number of hydrogen-bond donors (Lipinski definition) is 2. The maximum atomic E-state index is 10.9. The molecule has 0 saturated heterocycles. The van der Waals surface area contributed by atoms with Gasteiger partial charge in [0.15, 0.2) is 6.10 Å². The molecule has 0 aliphatic heterocycles. The first-order valence-electron chi connectivity index (χ1n) is 6.89. The van der Waals surface area contributed by atoms with Crippen LogP contribution in [-0.2, 0) is 6.42 Å². The Labute approximate surface area is 119 Å². The fraction of sp³-hybridized carbons (Fsp3) is 0.294. The van der Waals surface area contributed by atoms with Crippen LogP contribution in [0.1, 0.15) is 17.2 Å². The zero-order chi connectivity index (χ0) is 14.0. The average Bonchev–Trinajstić information content (AvgIpc) is 2.73. The molecule has 0 amide bonds. The number of rotatable bonds is 4. The minimum atomic E-state index is -0.908. The number of benzene rings is 2. The Bertz CT molecular complexity index is 585. The lowest BCUT2D eigenvalue weighted by Gasteiger charge is -2.30. The third kappa shape index (κ3) is 2.30. The second kappa shape index (κ2) is 5.27. The van der Waals surface area contributed by atoms with Gasteiger partial charge >= 0.3 is 0 Å². The minimum Gasteiger partial charge on any atom is -0.483 e. The lowest BCUT2D eigenvalue weighted by Crippen LogP contribution is -2.45. The molecule has 3 rings (SSSR count). The summed E-state index contributed by atoms with van der Waals surface area (Å²) in [7, 11) is 1.85. The predicted octanol–water partition coefficient (Wildman–Crippen LogP) is 2.31. The zero-order valence-electron chi connectivity index (χ0n) is 11.5. The summed E-state index contributed by atoms with van der Waals surface area (Å²) >= 11 is 0. The number of hydrogen-bond acceptors (Lipinski definition) is 3. The van der Waals surface area contributed by atoms with E-state index in [-0.39, 0.29) is 6.10 Å². The van der Waals surface area contributed by atoms with Gasteiger partial charge in [0.2, 0.25) is 0 Å². The SMILES string of the molecule is CNCC1(O)Cc2ccccc2C1Oc1ccccc1. The van der Waals surface area contributed by atoms with Gasteiger partial charge in [-0.05, 0) is 30.3 Å². The molecule has 0 bridgehead atoms. The van der Waals surface area contributed by atoms with E-state index in [1.54, 1.807) is 0 Å². The fourth-order valence-corrected chi connectivity index (χ4v) is 2.93. The maximum absolute atomic E-state index is 10.9. The molecule has 2 aromatic carbocycles. The molecular weight excluding hydrogens is 250 g/mol. The Morgan fingerprint density at radius 2 is 1.85 bits per heavy atom. The van der Waals surface area contributed by atoms with Gasteiger partial charge in [-0.15, -0.1) is 0 Å². The number of aliphatic hydroxyl groups is 1. The molecule has 0 fully saturated rings. The van der Waals surface area contributed by atoms with Crippen LogP contribution in [0.4, 0.5) is 0 Å². The van der Waals surface area contributed by atoms with E-state index in [0.717, 1.165) is 16.9 Å². The van der Waals surface area contributed by atoms with Crippen molar-refractivity contribution in [3.05, 3.63) is 65.7 Å². The molecule has 20 heavy (non-hydrogen) atoms. The summed E-state index contributed by atoms with van der Waals surface area (Å²) in [6.07, 6.45) is 0.273. The van der Waals surface area contributed by atoms with Crippen LogP contribution in [0.3, 0.4) is 0 Å². The van der Waals surface area contributed by atoms with Gasteiger partial charge in [-0.2, -0.15) is 0 Å². The topological polar surface area (TPSA) is 41.5 Å². The van der Waals surface area contributed by atoms with Crippen molar-refractivity contribution in [1.82, 2.24) is 5.32 Å². The zero-order valence-corrected chi connectivity index (χ0v) is 11.5. The molecule has 0 aromatic heterocycles. The number of likely N-dealkylation sites (N-methyl/N-ethyl adjacent to an activating group) is 1. The van der Waals surface area contributed by atoms with Crippen molar-refractivity contribution in [1.29, 1.82) is 0 Å². The van der Waals surface area contributed by atoms with Crippen LogP contribution in [0, 0.1) is 0 Å². The molecule has 1 aliphatic rings. The third-order valence-corrected chi connectivity index (χ3v) is 3.80. The molecule has 2 N–H and O–H groups in total. The van der Waals surface area contributed by atoms with Crippen LogP contribution >= 0.6 is 0 Å². The number of fused-ring (bicyclic) bond motifs is 1. The summed E-state index contributed by atoms with van der Waals surface area (Å²) in [4.78, 5) is 0. The van der Waals surface area contributed by atoms with Gasteiger partial charge < -0.3 is 15.2 Å². The van der Waals surface area contributed by atoms with Crippen LogP contribution in [0.15, 0.2) is 54.6 Å². The molecule has 0 saturated carbocycles. The Balaban J connectivity index is 1.95. The Morgan fingerprint density at radius 1 is 1.15 bits per heavy atom. The molecule has 2 unspecified atom stereocenters. The third-order valence-electron chi connectivity index (χ3n) is 3.80. The van der Waals surface area contributed by atoms with Gasteiger partial charge in [0, 0.05) is 13.0 Å². The van der Waals surface area contributed by atoms with Crippen molar-refractivity contribution < 1.29 is 9.84 Å². The highest BCUT2D eigenvalue weighted by Crippen LogP contribution is 2.41. The summed E-state index contributed by atoms with van der Waals surface area (Å²) in [6, 6.07) is 17.8. The highest BCUT2D eigenvalue weighted by Gasteiger charge is 2.46. The van der Waals surface area contributed by atoms with Gasteiger partial charge in [0.1, 0.15) is 11.4 Å². The van der Waals surface area contributed by atoms with Crippen LogP contribution < -0.4 is 10.1 Å². The second-order valence-corrected chi connectivity index (χ2v) is 5.32. The first-order valence-corrected chi connectivity index (χ1v) is 6.89. The normalized spacial score (nSPS) is 24.4. The first kappa shape index (κ1) is 13.2. The van der Waals surface area contributed by atoms with Crippen LogP contribution in [0.2, 0.25) is 0 Å². The number of nitrogens with one attached hydrogen (secondary N) is 1. The Hall–Kier alpha value is -1.84. The highest BCUT2D eigenvalue weighted by atomic mass is 16.5. The summed E-state index contributed by atoms with van der Waals surface area (Å²) in [6.45, 7) is 0.499. The molecule has 1 aliphatic carbocycles. The maximum Gasteiger partial charge on any atom is 0.154 e.